The maximum atomic E-state index is 13.7. The normalized spacial score (nSPS) is 11.4. The van der Waals surface area contributed by atoms with Crippen molar-refractivity contribution in [1.82, 2.24) is 5.32 Å². The van der Waals surface area contributed by atoms with Gasteiger partial charge in [-0.25, -0.2) is 9.18 Å². The number of rotatable bonds is 6. The minimum Gasteiger partial charge on any atom is -0.480 e. The lowest BCUT2D eigenvalue weighted by Gasteiger charge is -2.12. The Morgan fingerprint density at radius 3 is 2.80 bits per heavy atom. The van der Waals surface area contributed by atoms with E-state index in [-0.39, 0.29) is 17.1 Å². The number of nitriles is 1. The highest BCUT2D eigenvalue weighted by Crippen LogP contribution is 2.19. The second kappa shape index (κ2) is 7.50. The molecular weight excluding hydrogens is 283 g/mol. The zero-order valence-corrected chi connectivity index (χ0v) is 11.5. The van der Waals surface area contributed by atoms with Crippen LogP contribution in [-0.2, 0) is 15.3 Å². The number of carboxylic acids is 1. The second-order valence-electron chi connectivity index (χ2n) is 4.00. The Morgan fingerprint density at radius 2 is 2.25 bits per heavy atom. The predicted octanol–water partition coefficient (Wildman–Crippen LogP) is 1.52. The third kappa shape index (κ3) is 4.55. The van der Waals surface area contributed by atoms with Crippen LogP contribution in [0, 0.1) is 17.1 Å². The van der Waals surface area contributed by atoms with Crippen LogP contribution < -0.4 is 5.32 Å². The van der Waals surface area contributed by atoms with Gasteiger partial charge in [0, 0.05) is 18.4 Å². The van der Waals surface area contributed by atoms with E-state index < -0.39 is 23.7 Å². The molecule has 1 aromatic carbocycles. The standard InChI is InChI=1S/C13H13FN2O3S/c1-8(17)16-11(13(18)19)7-20-6-10-4-2-3-9(5-15)12(10)14/h2-4,11H,6-7H2,1H3,(H,16,17)(H,18,19)/t11-/m0/s1. The van der Waals surface area contributed by atoms with Crippen molar-refractivity contribution in [1.29, 1.82) is 5.26 Å². The van der Waals surface area contributed by atoms with Gasteiger partial charge in [0.1, 0.15) is 17.9 Å². The average molecular weight is 296 g/mol. The summed E-state index contributed by atoms with van der Waals surface area (Å²) in [5.74, 6) is -1.82. The minimum absolute atomic E-state index is 0.0419. The highest BCUT2D eigenvalue weighted by Gasteiger charge is 2.18. The molecule has 0 heterocycles. The molecule has 7 heteroatoms. The van der Waals surface area contributed by atoms with Gasteiger partial charge in [-0.05, 0) is 11.6 Å². The molecule has 0 aromatic heterocycles. The number of halogens is 1. The number of nitrogens with zero attached hydrogens (tertiary/aromatic N) is 1. The Hall–Kier alpha value is -2.07. The predicted molar refractivity (Wildman–Crippen MR) is 72.5 cm³/mol. The number of thioether (sulfide) groups is 1. The molecule has 106 valence electrons. The molecule has 0 fully saturated rings. The lowest BCUT2D eigenvalue weighted by atomic mass is 10.1. The Bertz CT molecular complexity index is 557. The van der Waals surface area contributed by atoms with Crippen LogP contribution in [0.4, 0.5) is 4.39 Å². The van der Waals surface area contributed by atoms with Crippen LogP contribution in [0.3, 0.4) is 0 Å². The second-order valence-corrected chi connectivity index (χ2v) is 5.03. The van der Waals surface area contributed by atoms with Gasteiger partial charge in [0.05, 0.1) is 5.56 Å². The highest BCUT2D eigenvalue weighted by molar-refractivity contribution is 7.98. The molecule has 1 rings (SSSR count). The molecule has 1 aromatic rings. The Morgan fingerprint density at radius 1 is 1.55 bits per heavy atom. The van der Waals surface area contributed by atoms with E-state index in [0.29, 0.717) is 5.56 Å². The first-order chi connectivity index (χ1) is 9.45. The summed E-state index contributed by atoms with van der Waals surface area (Å²) in [6, 6.07) is 5.21. The summed E-state index contributed by atoms with van der Waals surface area (Å²) in [5, 5.41) is 19.9. The molecule has 0 unspecified atom stereocenters. The minimum atomic E-state index is -1.14. The quantitative estimate of drug-likeness (QED) is 0.830. The van der Waals surface area contributed by atoms with E-state index in [2.05, 4.69) is 5.32 Å². The van der Waals surface area contributed by atoms with E-state index in [4.69, 9.17) is 10.4 Å². The lowest BCUT2D eigenvalue weighted by molar-refractivity contribution is -0.140. The van der Waals surface area contributed by atoms with Gasteiger partial charge in [0.25, 0.3) is 0 Å². The van der Waals surface area contributed by atoms with Gasteiger partial charge in [-0.15, -0.1) is 0 Å². The average Bonchev–Trinajstić information content (AvgIpc) is 2.39. The topological polar surface area (TPSA) is 90.2 Å². The molecule has 2 N–H and O–H groups in total. The molecule has 1 atom stereocenters. The fraction of sp³-hybridized carbons (Fsp3) is 0.308. The van der Waals surface area contributed by atoms with Crippen molar-refractivity contribution in [3.63, 3.8) is 0 Å². The van der Waals surface area contributed by atoms with E-state index >= 15 is 0 Å². The number of aliphatic carboxylic acids is 1. The van der Waals surface area contributed by atoms with Gasteiger partial charge in [0.2, 0.25) is 5.91 Å². The van der Waals surface area contributed by atoms with E-state index in [1.54, 1.807) is 12.1 Å². The van der Waals surface area contributed by atoms with Crippen molar-refractivity contribution in [3.05, 3.63) is 35.1 Å². The van der Waals surface area contributed by atoms with Gasteiger partial charge in [-0.1, -0.05) is 12.1 Å². The zero-order valence-electron chi connectivity index (χ0n) is 10.7. The summed E-state index contributed by atoms with van der Waals surface area (Å²) in [6.07, 6.45) is 0. The molecule has 0 saturated carbocycles. The van der Waals surface area contributed by atoms with Crippen LogP contribution in [0.2, 0.25) is 0 Å². The summed E-state index contributed by atoms with van der Waals surface area (Å²) in [5.41, 5.74) is 0.292. The van der Waals surface area contributed by atoms with Gasteiger partial charge in [-0.2, -0.15) is 17.0 Å². The van der Waals surface area contributed by atoms with Crippen molar-refractivity contribution in [3.8, 4) is 6.07 Å². The largest absolute Gasteiger partial charge is 0.480 e. The molecule has 20 heavy (non-hydrogen) atoms. The van der Waals surface area contributed by atoms with Gasteiger partial charge in [-0.3, -0.25) is 4.79 Å². The molecule has 0 aliphatic rings. The fourth-order valence-electron chi connectivity index (χ4n) is 1.48. The number of hydrogen-bond donors (Lipinski definition) is 2. The molecular formula is C13H13FN2O3S. The number of carbonyl (C=O) groups excluding carboxylic acids is 1. The van der Waals surface area contributed by atoms with Crippen LogP contribution >= 0.6 is 11.8 Å². The van der Waals surface area contributed by atoms with Crippen molar-refractivity contribution in [2.75, 3.05) is 5.75 Å². The van der Waals surface area contributed by atoms with E-state index in [9.17, 15) is 14.0 Å². The molecule has 1 amide bonds. The lowest BCUT2D eigenvalue weighted by Crippen LogP contribution is -2.41. The number of benzene rings is 1. The Kier molecular flexibility index (Phi) is 6.00. The number of amides is 1. The van der Waals surface area contributed by atoms with Gasteiger partial charge >= 0.3 is 5.97 Å². The highest BCUT2D eigenvalue weighted by atomic mass is 32.2. The summed E-state index contributed by atoms with van der Waals surface area (Å²) in [7, 11) is 0. The van der Waals surface area contributed by atoms with E-state index in [1.807, 2.05) is 0 Å². The van der Waals surface area contributed by atoms with Crippen LogP contribution in [0.1, 0.15) is 18.1 Å². The van der Waals surface area contributed by atoms with Crippen molar-refractivity contribution < 1.29 is 19.1 Å². The molecule has 0 aliphatic carbocycles. The summed E-state index contributed by atoms with van der Waals surface area (Å²) < 4.78 is 13.7. The van der Waals surface area contributed by atoms with E-state index in [0.717, 1.165) is 0 Å². The van der Waals surface area contributed by atoms with Crippen LogP contribution in [-0.4, -0.2) is 28.8 Å². The van der Waals surface area contributed by atoms with Gasteiger partial charge < -0.3 is 10.4 Å². The first kappa shape index (κ1) is 16.0. The first-order valence-electron chi connectivity index (χ1n) is 5.70. The zero-order chi connectivity index (χ0) is 15.1. The number of nitrogens with one attached hydrogen (secondary N) is 1. The molecule has 0 aliphatic heterocycles. The van der Waals surface area contributed by atoms with Gasteiger partial charge in [0.15, 0.2) is 0 Å². The summed E-state index contributed by atoms with van der Waals surface area (Å²) in [6.45, 7) is 1.23. The number of hydrogen-bond acceptors (Lipinski definition) is 4. The third-order valence-corrected chi connectivity index (χ3v) is 3.50. The number of carbonyl (C=O) groups is 2. The van der Waals surface area contributed by atoms with Crippen LogP contribution in [0.15, 0.2) is 18.2 Å². The fourth-order valence-corrected chi connectivity index (χ4v) is 2.51. The molecule has 0 spiro atoms. The van der Waals surface area contributed by atoms with E-state index in [1.165, 1.54) is 30.8 Å². The maximum absolute atomic E-state index is 13.7. The van der Waals surface area contributed by atoms with Crippen LogP contribution in [0.25, 0.3) is 0 Å². The van der Waals surface area contributed by atoms with Crippen molar-refractivity contribution in [2.45, 2.75) is 18.7 Å². The monoisotopic (exact) mass is 296 g/mol. The van der Waals surface area contributed by atoms with Crippen molar-refractivity contribution >= 4 is 23.6 Å². The van der Waals surface area contributed by atoms with Crippen molar-refractivity contribution in [2.24, 2.45) is 0 Å². The third-order valence-electron chi connectivity index (χ3n) is 2.42. The SMILES string of the molecule is CC(=O)N[C@@H](CSCc1cccc(C#N)c1F)C(=O)O. The molecule has 0 radical (unpaired) electrons. The Balaban J connectivity index is 2.62. The summed E-state index contributed by atoms with van der Waals surface area (Å²) >= 11 is 1.17. The first-order valence-corrected chi connectivity index (χ1v) is 6.86. The Labute approximate surface area is 119 Å². The van der Waals surface area contributed by atoms with Crippen LogP contribution in [0.5, 0.6) is 0 Å². The maximum Gasteiger partial charge on any atom is 0.327 e. The molecule has 0 saturated heterocycles. The summed E-state index contributed by atoms with van der Waals surface area (Å²) in [4.78, 5) is 21.7. The smallest absolute Gasteiger partial charge is 0.327 e. The number of carboxylic acid groups (broad SMARTS) is 1. The molecule has 5 nitrogen and oxygen atoms in total. The molecule has 0 bridgehead atoms.